The highest BCUT2D eigenvalue weighted by Crippen LogP contribution is 2.35. The minimum atomic E-state index is 0.527. The number of nitrogens with zero attached hydrogens (tertiary/aromatic N) is 1. The lowest BCUT2D eigenvalue weighted by Crippen LogP contribution is -2.41. The van der Waals surface area contributed by atoms with Gasteiger partial charge in [-0.25, -0.2) is 0 Å². The molecule has 1 heterocycles. The second-order valence-electron chi connectivity index (χ2n) is 5.12. The quantitative estimate of drug-likeness (QED) is 0.868. The third-order valence-electron chi connectivity index (χ3n) is 3.99. The zero-order valence-electron chi connectivity index (χ0n) is 11.0. The Balaban J connectivity index is 2.26. The Morgan fingerprint density at radius 1 is 1.29 bits per heavy atom. The molecule has 1 aliphatic heterocycles. The van der Waals surface area contributed by atoms with E-state index in [1.807, 2.05) is 0 Å². The van der Waals surface area contributed by atoms with Crippen LogP contribution in [0, 0.1) is 12.8 Å². The van der Waals surface area contributed by atoms with Crippen LogP contribution in [0.5, 0.6) is 0 Å². The van der Waals surface area contributed by atoms with Crippen LogP contribution in [-0.2, 0) is 0 Å². The molecule has 1 saturated heterocycles. The van der Waals surface area contributed by atoms with Crippen LogP contribution in [0.1, 0.15) is 36.9 Å². The minimum Gasteiger partial charge on any atom is -0.330 e. The normalized spacial score (nSPS) is 26.1. The number of rotatable bonds is 3. The van der Waals surface area contributed by atoms with Gasteiger partial charge in [0.1, 0.15) is 0 Å². The van der Waals surface area contributed by atoms with Crippen molar-refractivity contribution in [3.05, 3.63) is 35.4 Å². The van der Waals surface area contributed by atoms with Gasteiger partial charge in [0.2, 0.25) is 0 Å². The summed E-state index contributed by atoms with van der Waals surface area (Å²) in [6.07, 6.45) is 2.56. The summed E-state index contributed by atoms with van der Waals surface area (Å²) < 4.78 is 0. The minimum absolute atomic E-state index is 0.527. The molecule has 1 aromatic carbocycles. The SMILES string of the molecule is CCN1CCC[C@H](CN)[C@H]1c1ccc(C)cc1. The van der Waals surface area contributed by atoms with E-state index in [4.69, 9.17) is 5.73 Å². The maximum absolute atomic E-state index is 5.95. The maximum Gasteiger partial charge on any atom is 0.0388 e. The number of hydrogen-bond donors (Lipinski definition) is 1. The summed E-state index contributed by atoms with van der Waals surface area (Å²) in [4.78, 5) is 2.58. The molecule has 94 valence electrons. The van der Waals surface area contributed by atoms with Gasteiger partial charge in [0, 0.05) is 6.04 Å². The van der Waals surface area contributed by atoms with Gasteiger partial charge in [0.15, 0.2) is 0 Å². The molecule has 0 radical (unpaired) electrons. The van der Waals surface area contributed by atoms with Gasteiger partial charge in [-0.15, -0.1) is 0 Å². The van der Waals surface area contributed by atoms with E-state index in [1.165, 1.54) is 30.5 Å². The summed E-state index contributed by atoms with van der Waals surface area (Å²) in [5.74, 6) is 0.617. The predicted molar refractivity (Wildman–Crippen MR) is 72.9 cm³/mol. The lowest BCUT2D eigenvalue weighted by Gasteiger charge is -2.41. The first kappa shape index (κ1) is 12.6. The maximum atomic E-state index is 5.95. The molecule has 2 N–H and O–H groups in total. The topological polar surface area (TPSA) is 29.3 Å². The summed E-state index contributed by atoms with van der Waals surface area (Å²) >= 11 is 0. The fourth-order valence-electron chi connectivity index (χ4n) is 3.00. The fourth-order valence-corrected chi connectivity index (χ4v) is 3.00. The molecular formula is C15H24N2. The van der Waals surface area contributed by atoms with Crippen LogP contribution in [0.4, 0.5) is 0 Å². The molecule has 0 aliphatic carbocycles. The van der Waals surface area contributed by atoms with Gasteiger partial charge >= 0.3 is 0 Å². The molecule has 1 fully saturated rings. The van der Waals surface area contributed by atoms with Crippen LogP contribution < -0.4 is 5.73 Å². The molecular weight excluding hydrogens is 208 g/mol. The van der Waals surface area contributed by atoms with Crippen molar-refractivity contribution in [2.75, 3.05) is 19.6 Å². The Kier molecular flexibility index (Phi) is 4.19. The van der Waals surface area contributed by atoms with E-state index < -0.39 is 0 Å². The van der Waals surface area contributed by atoms with Crippen molar-refractivity contribution < 1.29 is 0 Å². The Hall–Kier alpha value is -0.860. The van der Waals surface area contributed by atoms with Crippen molar-refractivity contribution in [3.63, 3.8) is 0 Å². The van der Waals surface area contributed by atoms with Crippen LogP contribution in [0.3, 0.4) is 0 Å². The fraction of sp³-hybridized carbons (Fsp3) is 0.600. The zero-order chi connectivity index (χ0) is 12.3. The first-order chi connectivity index (χ1) is 8.26. The van der Waals surface area contributed by atoms with Crippen LogP contribution >= 0.6 is 0 Å². The lowest BCUT2D eigenvalue weighted by atomic mass is 9.84. The average Bonchev–Trinajstić information content (AvgIpc) is 2.38. The third-order valence-corrected chi connectivity index (χ3v) is 3.99. The molecule has 0 bridgehead atoms. The van der Waals surface area contributed by atoms with Gasteiger partial charge in [0.25, 0.3) is 0 Å². The first-order valence-electron chi connectivity index (χ1n) is 6.77. The highest BCUT2D eigenvalue weighted by Gasteiger charge is 2.30. The molecule has 2 heteroatoms. The molecule has 2 atom stereocenters. The third kappa shape index (κ3) is 2.70. The first-order valence-corrected chi connectivity index (χ1v) is 6.77. The number of piperidine rings is 1. The molecule has 0 spiro atoms. The van der Waals surface area contributed by atoms with Crippen molar-refractivity contribution >= 4 is 0 Å². The molecule has 17 heavy (non-hydrogen) atoms. The van der Waals surface area contributed by atoms with E-state index in [9.17, 15) is 0 Å². The molecule has 0 aromatic heterocycles. The number of aryl methyl sites for hydroxylation is 1. The van der Waals surface area contributed by atoms with Gasteiger partial charge in [-0.05, 0) is 50.9 Å². The van der Waals surface area contributed by atoms with Gasteiger partial charge in [-0.2, -0.15) is 0 Å². The number of hydrogen-bond acceptors (Lipinski definition) is 2. The number of likely N-dealkylation sites (tertiary alicyclic amines) is 1. The van der Waals surface area contributed by atoms with Crippen LogP contribution in [0.25, 0.3) is 0 Å². The molecule has 2 nitrogen and oxygen atoms in total. The molecule has 2 rings (SSSR count). The zero-order valence-corrected chi connectivity index (χ0v) is 11.0. The molecule has 1 aliphatic rings. The standard InChI is InChI=1S/C15H24N2/c1-3-17-10-4-5-14(11-16)15(17)13-8-6-12(2)7-9-13/h6-9,14-15H,3-5,10-11,16H2,1-2H3/t14-,15-/m1/s1. The Labute approximate surface area is 105 Å². The Morgan fingerprint density at radius 2 is 2.00 bits per heavy atom. The second kappa shape index (κ2) is 5.65. The van der Waals surface area contributed by atoms with E-state index in [2.05, 4.69) is 43.0 Å². The Morgan fingerprint density at radius 3 is 2.59 bits per heavy atom. The lowest BCUT2D eigenvalue weighted by molar-refractivity contribution is 0.102. The Bertz CT molecular complexity index is 332. The average molecular weight is 232 g/mol. The van der Waals surface area contributed by atoms with Gasteiger partial charge in [-0.3, -0.25) is 4.90 Å². The van der Waals surface area contributed by atoms with Gasteiger partial charge in [0.05, 0.1) is 0 Å². The van der Waals surface area contributed by atoms with Crippen molar-refractivity contribution in [3.8, 4) is 0 Å². The smallest absolute Gasteiger partial charge is 0.0388 e. The highest BCUT2D eigenvalue weighted by molar-refractivity contribution is 5.25. The van der Waals surface area contributed by atoms with Gasteiger partial charge in [-0.1, -0.05) is 36.8 Å². The van der Waals surface area contributed by atoms with E-state index in [0.717, 1.165) is 13.1 Å². The molecule has 1 aromatic rings. The monoisotopic (exact) mass is 232 g/mol. The van der Waals surface area contributed by atoms with Crippen molar-refractivity contribution in [2.24, 2.45) is 11.7 Å². The van der Waals surface area contributed by atoms with Crippen molar-refractivity contribution in [1.29, 1.82) is 0 Å². The van der Waals surface area contributed by atoms with Crippen LogP contribution in [0.15, 0.2) is 24.3 Å². The van der Waals surface area contributed by atoms with Crippen molar-refractivity contribution in [1.82, 2.24) is 4.90 Å². The number of nitrogens with two attached hydrogens (primary N) is 1. The van der Waals surface area contributed by atoms with Crippen molar-refractivity contribution in [2.45, 2.75) is 32.7 Å². The van der Waals surface area contributed by atoms with E-state index >= 15 is 0 Å². The summed E-state index contributed by atoms with van der Waals surface area (Å²) in [5.41, 5.74) is 8.72. The molecule has 0 amide bonds. The van der Waals surface area contributed by atoms with E-state index in [0.29, 0.717) is 12.0 Å². The van der Waals surface area contributed by atoms with Crippen LogP contribution in [-0.4, -0.2) is 24.5 Å². The number of benzene rings is 1. The summed E-state index contributed by atoms with van der Waals surface area (Å²) in [5, 5.41) is 0. The van der Waals surface area contributed by atoms with E-state index in [-0.39, 0.29) is 0 Å². The predicted octanol–water partition coefficient (Wildman–Crippen LogP) is 2.73. The summed E-state index contributed by atoms with van der Waals surface area (Å²) in [6.45, 7) is 7.53. The van der Waals surface area contributed by atoms with Crippen LogP contribution in [0.2, 0.25) is 0 Å². The molecule has 0 saturated carbocycles. The largest absolute Gasteiger partial charge is 0.330 e. The highest BCUT2D eigenvalue weighted by atomic mass is 15.2. The summed E-state index contributed by atoms with van der Waals surface area (Å²) in [7, 11) is 0. The van der Waals surface area contributed by atoms with E-state index in [1.54, 1.807) is 0 Å². The second-order valence-corrected chi connectivity index (χ2v) is 5.12. The van der Waals surface area contributed by atoms with Gasteiger partial charge < -0.3 is 5.73 Å². The molecule has 0 unspecified atom stereocenters. The summed E-state index contributed by atoms with van der Waals surface area (Å²) in [6, 6.07) is 9.50.